The molecular weight excluding hydrogens is 229 g/mol. The van der Waals surface area contributed by atoms with E-state index in [-0.39, 0.29) is 0 Å². The summed E-state index contributed by atoms with van der Waals surface area (Å²) in [6.07, 6.45) is 1.25. The van der Waals surface area contributed by atoms with Gasteiger partial charge in [0.1, 0.15) is 0 Å². The lowest BCUT2D eigenvalue weighted by molar-refractivity contribution is 0.199. The molecule has 2 nitrogen and oxygen atoms in total. The van der Waals surface area contributed by atoms with Crippen LogP contribution >= 0.6 is 22.6 Å². The van der Waals surface area contributed by atoms with Gasteiger partial charge in [0.05, 0.1) is 6.61 Å². The van der Waals surface area contributed by atoms with E-state index in [2.05, 4.69) is 27.9 Å². The van der Waals surface area contributed by atoms with Gasteiger partial charge in [0.2, 0.25) is 0 Å². The lowest BCUT2D eigenvalue weighted by atomic mass is 10.5. The summed E-state index contributed by atoms with van der Waals surface area (Å²) in [6, 6.07) is 0. The summed E-state index contributed by atoms with van der Waals surface area (Å²) in [5.41, 5.74) is 0. The van der Waals surface area contributed by atoms with Crippen LogP contribution in [0.25, 0.3) is 0 Å². The molecule has 0 aliphatic carbocycles. The molecule has 0 aromatic heterocycles. The highest BCUT2D eigenvalue weighted by Gasteiger charge is 1.83. The molecule has 0 aliphatic heterocycles. The van der Waals surface area contributed by atoms with E-state index < -0.39 is 0 Å². The molecule has 0 unspecified atom stereocenters. The first-order chi connectivity index (χ1) is 4.41. The molecule has 0 heterocycles. The Morgan fingerprint density at radius 1 is 1.44 bits per heavy atom. The standard InChI is InChI=1S/C6H14INO/c1-9-6-5-8-4-2-3-7/h8H,2-6H2,1H3. The molecule has 0 radical (unpaired) electrons. The Morgan fingerprint density at radius 2 is 2.22 bits per heavy atom. The lowest BCUT2D eigenvalue weighted by Gasteiger charge is -2.00. The van der Waals surface area contributed by atoms with Gasteiger partial charge in [-0.15, -0.1) is 0 Å². The van der Waals surface area contributed by atoms with Crippen LogP contribution < -0.4 is 5.32 Å². The maximum absolute atomic E-state index is 4.86. The molecular formula is C6H14INO. The van der Waals surface area contributed by atoms with E-state index in [1.165, 1.54) is 10.8 Å². The average Bonchev–Trinajstić information content (AvgIpc) is 1.89. The molecule has 9 heavy (non-hydrogen) atoms. The number of ether oxygens (including phenoxy) is 1. The maximum atomic E-state index is 4.86. The smallest absolute Gasteiger partial charge is 0.0587 e. The highest BCUT2D eigenvalue weighted by atomic mass is 127. The summed E-state index contributed by atoms with van der Waals surface area (Å²) in [4.78, 5) is 0. The van der Waals surface area contributed by atoms with Crippen molar-refractivity contribution in [2.75, 3.05) is 31.2 Å². The van der Waals surface area contributed by atoms with Gasteiger partial charge >= 0.3 is 0 Å². The third kappa shape index (κ3) is 8.65. The van der Waals surface area contributed by atoms with Gasteiger partial charge in [0, 0.05) is 18.1 Å². The molecule has 0 spiro atoms. The molecule has 0 saturated carbocycles. The molecule has 0 aliphatic rings. The highest BCUT2D eigenvalue weighted by molar-refractivity contribution is 14.1. The SMILES string of the molecule is COCCNCCCI. The Bertz CT molecular complexity index is 46.3. The van der Waals surface area contributed by atoms with Crippen molar-refractivity contribution < 1.29 is 4.74 Å². The first kappa shape index (κ1) is 9.65. The van der Waals surface area contributed by atoms with E-state index >= 15 is 0 Å². The summed E-state index contributed by atoms with van der Waals surface area (Å²) >= 11 is 2.38. The fourth-order valence-electron chi connectivity index (χ4n) is 0.491. The normalized spacial score (nSPS) is 10.0. The van der Waals surface area contributed by atoms with Crippen LogP contribution in [0.4, 0.5) is 0 Å². The van der Waals surface area contributed by atoms with Crippen molar-refractivity contribution in [3.8, 4) is 0 Å². The molecule has 0 atom stereocenters. The van der Waals surface area contributed by atoms with Crippen molar-refractivity contribution in [2.24, 2.45) is 0 Å². The van der Waals surface area contributed by atoms with Crippen LogP contribution in [-0.4, -0.2) is 31.2 Å². The van der Waals surface area contributed by atoms with Gasteiger partial charge in [-0.2, -0.15) is 0 Å². The monoisotopic (exact) mass is 243 g/mol. The van der Waals surface area contributed by atoms with Crippen molar-refractivity contribution in [1.82, 2.24) is 5.32 Å². The van der Waals surface area contributed by atoms with E-state index in [0.717, 1.165) is 19.7 Å². The number of halogens is 1. The number of hydrogen-bond donors (Lipinski definition) is 1. The second-order valence-electron chi connectivity index (χ2n) is 1.79. The van der Waals surface area contributed by atoms with E-state index in [0.29, 0.717) is 0 Å². The zero-order valence-corrected chi connectivity index (χ0v) is 7.98. The Hall–Kier alpha value is 0.650. The minimum absolute atomic E-state index is 0.821. The fraction of sp³-hybridized carbons (Fsp3) is 1.00. The zero-order valence-electron chi connectivity index (χ0n) is 5.82. The first-order valence-corrected chi connectivity index (χ1v) is 4.70. The molecule has 0 rings (SSSR count). The third-order valence-electron chi connectivity index (χ3n) is 0.970. The van der Waals surface area contributed by atoms with Gasteiger partial charge in [0.25, 0.3) is 0 Å². The molecule has 56 valence electrons. The molecule has 0 aromatic rings. The van der Waals surface area contributed by atoms with Crippen molar-refractivity contribution in [1.29, 1.82) is 0 Å². The largest absolute Gasteiger partial charge is 0.383 e. The Labute approximate surface area is 70.5 Å². The van der Waals surface area contributed by atoms with Crippen LogP contribution in [0.15, 0.2) is 0 Å². The summed E-state index contributed by atoms with van der Waals surface area (Å²) < 4.78 is 6.09. The minimum atomic E-state index is 0.821. The van der Waals surface area contributed by atoms with Crippen LogP contribution in [0.5, 0.6) is 0 Å². The summed E-state index contributed by atoms with van der Waals surface area (Å²) in [5.74, 6) is 0. The number of methoxy groups -OCH3 is 1. The van der Waals surface area contributed by atoms with Crippen molar-refractivity contribution in [2.45, 2.75) is 6.42 Å². The van der Waals surface area contributed by atoms with Crippen molar-refractivity contribution in [3.05, 3.63) is 0 Å². The predicted octanol–water partition coefficient (Wildman–Crippen LogP) is 1.05. The molecule has 0 amide bonds. The molecule has 3 heteroatoms. The zero-order chi connectivity index (χ0) is 6.95. The molecule has 0 saturated heterocycles. The predicted molar refractivity (Wildman–Crippen MR) is 48.2 cm³/mol. The van der Waals surface area contributed by atoms with Gasteiger partial charge in [-0.05, 0) is 13.0 Å². The van der Waals surface area contributed by atoms with E-state index in [9.17, 15) is 0 Å². The fourth-order valence-corrected chi connectivity index (χ4v) is 0.872. The van der Waals surface area contributed by atoms with Gasteiger partial charge in [0.15, 0.2) is 0 Å². The number of rotatable bonds is 6. The van der Waals surface area contributed by atoms with Gasteiger partial charge < -0.3 is 10.1 Å². The van der Waals surface area contributed by atoms with E-state index in [4.69, 9.17) is 4.74 Å². The Kier molecular flexibility index (Phi) is 9.27. The van der Waals surface area contributed by atoms with Crippen LogP contribution in [0.3, 0.4) is 0 Å². The molecule has 0 aromatic carbocycles. The Morgan fingerprint density at radius 3 is 2.78 bits per heavy atom. The third-order valence-corrected chi connectivity index (χ3v) is 1.73. The van der Waals surface area contributed by atoms with Crippen LogP contribution in [0.2, 0.25) is 0 Å². The lowest BCUT2D eigenvalue weighted by Crippen LogP contribution is -2.20. The first-order valence-electron chi connectivity index (χ1n) is 3.17. The van der Waals surface area contributed by atoms with Crippen LogP contribution in [0.1, 0.15) is 6.42 Å². The van der Waals surface area contributed by atoms with Crippen molar-refractivity contribution in [3.63, 3.8) is 0 Å². The Balaban J connectivity index is 2.60. The van der Waals surface area contributed by atoms with Gasteiger partial charge in [-0.1, -0.05) is 22.6 Å². The second kappa shape index (κ2) is 8.65. The summed E-state index contributed by atoms with van der Waals surface area (Å²) in [6.45, 7) is 2.92. The molecule has 1 N–H and O–H groups in total. The minimum Gasteiger partial charge on any atom is -0.383 e. The maximum Gasteiger partial charge on any atom is 0.0587 e. The van der Waals surface area contributed by atoms with Crippen LogP contribution in [-0.2, 0) is 4.74 Å². The molecule has 0 bridgehead atoms. The topological polar surface area (TPSA) is 21.3 Å². The van der Waals surface area contributed by atoms with E-state index in [1.54, 1.807) is 7.11 Å². The average molecular weight is 243 g/mol. The van der Waals surface area contributed by atoms with E-state index in [1.807, 2.05) is 0 Å². The number of hydrogen-bond acceptors (Lipinski definition) is 2. The number of nitrogens with one attached hydrogen (secondary N) is 1. The van der Waals surface area contributed by atoms with Crippen LogP contribution in [0, 0.1) is 0 Å². The quantitative estimate of drug-likeness (QED) is 0.427. The van der Waals surface area contributed by atoms with Gasteiger partial charge in [-0.25, -0.2) is 0 Å². The molecule has 0 fully saturated rings. The highest BCUT2D eigenvalue weighted by Crippen LogP contribution is 1.84. The van der Waals surface area contributed by atoms with Gasteiger partial charge in [-0.3, -0.25) is 0 Å². The van der Waals surface area contributed by atoms with Crippen molar-refractivity contribution >= 4 is 22.6 Å². The second-order valence-corrected chi connectivity index (χ2v) is 2.86. The number of alkyl halides is 1. The summed E-state index contributed by atoms with van der Waals surface area (Å²) in [7, 11) is 1.72. The summed E-state index contributed by atoms with van der Waals surface area (Å²) in [5, 5.41) is 3.26.